The zero-order valence-corrected chi connectivity index (χ0v) is 19.0. The number of carbonyl (C=O) groups is 2. The van der Waals surface area contributed by atoms with E-state index in [1.165, 1.54) is 28.4 Å². The molecule has 1 fully saturated rings. The third kappa shape index (κ3) is 5.80. The van der Waals surface area contributed by atoms with Gasteiger partial charge in [-0.25, -0.2) is 8.42 Å². The molecular weight excluding hydrogens is 408 g/mol. The number of rotatable bonds is 9. The van der Waals surface area contributed by atoms with Crippen molar-refractivity contribution in [3.8, 4) is 0 Å². The number of sulfonamides is 1. The normalized spacial score (nSPS) is 17.5. The maximum atomic E-state index is 13.2. The summed E-state index contributed by atoms with van der Waals surface area (Å²) in [5.74, 6) is -0.952. The van der Waals surface area contributed by atoms with Gasteiger partial charge in [0.25, 0.3) is 5.91 Å². The lowest BCUT2D eigenvalue weighted by Crippen LogP contribution is -2.42. The molecule has 0 bridgehead atoms. The Labute approximate surface area is 179 Å². The number of benzene rings is 1. The highest BCUT2D eigenvalue weighted by atomic mass is 32.2. The lowest BCUT2D eigenvalue weighted by molar-refractivity contribution is -0.143. The SMILES string of the molecule is CCOC(=O)CN(CCOC)C(=O)c1cc(S(=O)(=O)N2CCCCC2C)ccc1C. The van der Waals surface area contributed by atoms with E-state index in [-0.39, 0.29) is 42.8 Å². The summed E-state index contributed by atoms with van der Waals surface area (Å²) in [7, 11) is -2.21. The number of methoxy groups -OCH3 is 1. The molecule has 2 rings (SSSR count). The van der Waals surface area contributed by atoms with Crippen LogP contribution in [0.2, 0.25) is 0 Å². The van der Waals surface area contributed by atoms with E-state index in [9.17, 15) is 18.0 Å². The van der Waals surface area contributed by atoms with E-state index in [1.54, 1.807) is 19.9 Å². The Kier molecular flexibility index (Phi) is 8.81. The number of carbonyl (C=O) groups excluding carboxylic acids is 2. The summed E-state index contributed by atoms with van der Waals surface area (Å²) in [6.45, 7) is 6.24. The molecule has 1 amide bonds. The maximum absolute atomic E-state index is 13.2. The Morgan fingerprint density at radius 3 is 2.63 bits per heavy atom. The molecule has 9 heteroatoms. The molecule has 0 saturated carbocycles. The number of amides is 1. The molecule has 0 aliphatic carbocycles. The van der Waals surface area contributed by atoms with Crippen LogP contribution in [0.4, 0.5) is 0 Å². The van der Waals surface area contributed by atoms with Gasteiger partial charge in [-0.1, -0.05) is 12.5 Å². The molecule has 1 unspecified atom stereocenters. The summed E-state index contributed by atoms with van der Waals surface area (Å²) in [5, 5.41) is 0. The molecule has 0 spiro atoms. The average Bonchev–Trinajstić information content (AvgIpc) is 2.71. The Morgan fingerprint density at radius 2 is 2.00 bits per heavy atom. The highest BCUT2D eigenvalue weighted by Gasteiger charge is 2.32. The predicted octanol–water partition coefficient (Wildman–Crippen LogP) is 2.21. The van der Waals surface area contributed by atoms with Crippen molar-refractivity contribution in [3.05, 3.63) is 29.3 Å². The third-order valence-electron chi connectivity index (χ3n) is 5.27. The summed E-state index contributed by atoms with van der Waals surface area (Å²) in [6, 6.07) is 4.51. The smallest absolute Gasteiger partial charge is 0.325 e. The van der Waals surface area contributed by atoms with E-state index in [0.29, 0.717) is 12.1 Å². The fraction of sp³-hybridized carbons (Fsp3) is 0.619. The second-order valence-electron chi connectivity index (χ2n) is 7.46. The highest BCUT2D eigenvalue weighted by molar-refractivity contribution is 7.89. The largest absolute Gasteiger partial charge is 0.465 e. The Bertz CT molecular complexity index is 855. The van der Waals surface area contributed by atoms with Crippen molar-refractivity contribution in [2.45, 2.75) is 51.0 Å². The first-order chi connectivity index (χ1) is 14.2. The van der Waals surface area contributed by atoms with Crippen LogP contribution >= 0.6 is 0 Å². The molecule has 1 heterocycles. The van der Waals surface area contributed by atoms with E-state index in [0.717, 1.165) is 19.3 Å². The fourth-order valence-electron chi connectivity index (χ4n) is 3.54. The second-order valence-corrected chi connectivity index (χ2v) is 9.35. The first-order valence-corrected chi connectivity index (χ1v) is 11.7. The second kappa shape index (κ2) is 10.9. The van der Waals surface area contributed by atoms with Gasteiger partial charge in [-0.3, -0.25) is 9.59 Å². The van der Waals surface area contributed by atoms with Gasteiger partial charge >= 0.3 is 5.97 Å². The van der Waals surface area contributed by atoms with Gasteiger partial charge in [0.05, 0.1) is 18.1 Å². The monoisotopic (exact) mass is 440 g/mol. The first kappa shape index (κ1) is 24.3. The molecule has 1 aromatic carbocycles. The highest BCUT2D eigenvalue weighted by Crippen LogP contribution is 2.26. The van der Waals surface area contributed by atoms with Crippen LogP contribution in [0.15, 0.2) is 23.1 Å². The maximum Gasteiger partial charge on any atom is 0.325 e. The van der Waals surface area contributed by atoms with Crippen molar-refractivity contribution in [2.24, 2.45) is 0 Å². The quantitative estimate of drug-likeness (QED) is 0.547. The minimum Gasteiger partial charge on any atom is -0.465 e. The topological polar surface area (TPSA) is 93.2 Å². The lowest BCUT2D eigenvalue weighted by atomic mass is 10.1. The molecule has 8 nitrogen and oxygen atoms in total. The number of ether oxygens (including phenoxy) is 2. The summed E-state index contributed by atoms with van der Waals surface area (Å²) in [4.78, 5) is 26.5. The molecular formula is C21H32N2O6S. The third-order valence-corrected chi connectivity index (χ3v) is 7.28. The zero-order valence-electron chi connectivity index (χ0n) is 18.2. The van der Waals surface area contributed by atoms with Gasteiger partial charge in [-0.05, 0) is 51.3 Å². The van der Waals surface area contributed by atoms with Crippen molar-refractivity contribution in [2.75, 3.05) is 40.0 Å². The molecule has 1 aliphatic heterocycles. The number of esters is 1. The Morgan fingerprint density at radius 1 is 1.27 bits per heavy atom. The van der Waals surface area contributed by atoms with Gasteiger partial charge in [0.1, 0.15) is 6.54 Å². The van der Waals surface area contributed by atoms with Crippen molar-refractivity contribution < 1.29 is 27.5 Å². The molecule has 0 N–H and O–H groups in total. The van der Waals surface area contributed by atoms with Crippen LogP contribution in [-0.4, -0.2) is 75.5 Å². The molecule has 0 radical (unpaired) electrons. The fourth-order valence-corrected chi connectivity index (χ4v) is 5.27. The predicted molar refractivity (Wildman–Crippen MR) is 113 cm³/mol. The van der Waals surface area contributed by atoms with Crippen molar-refractivity contribution in [3.63, 3.8) is 0 Å². The number of aryl methyl sites for hydroxylation is 1. The number of nitrogens with zero attached hydrogens (tertiary/aromatic N) is 2. The summed E-state index contributed by atoms with van der Waals surface area (Å²) >= 11 is 0. The number of hydrogen-bond acceptors (Lipinski definition) is 6. The van der Waals surface area contributed by atoms with Gasteiger partial charge in [0, 0.05) is 31.8 Å². The van der Waals surface area contributed by atoms with Crippen LogP contribution in [0.1, 0.15) is 49.0 Å². The summed E-state index contributed by atoms with van der Waals surface area (Å²) < 4.78 is 37.9. The molecule has 1 saturated heterocycles. The lowest BCUT2D eigenvalue weighted by Gasteiger charge is -2.32. The van der Waals surface area contributed by atoms with Gasteiger partial charge in [0.2, 0.25) is 10.0 Å². The van der Waals surface area contributed by atoms with Gasteiger partial charge in [0.15, 0.2) is 0 Å². The molecule has 1 atom stereocenters. The number of piperidine rings is 1. The van der Waals surface area contributed by atoms with Crippen molar-refractivity contribution >= 4 is 21.9 Å². The average molecular weight is 441 g/mol. The minimum absolute atomic E-state index is 0.0776. The van der Waals surface area contributed by atoms with Gasteiger partial charge < -0.3 is 14.4 Å². The van der Waals surface area contributed by atoms with E-state index in [1.807, 2.05) is 6.92 Å². The molecule has 168 valence electrons. The van der Waals surface area contributed by atoms with E-state index in [4.69, 9.17) is 9.47 Å². The van der Waals surface area contributed by atoms with Crippen LogP contribution < -0.4 is 0 Å². The zero-order chi connectivity index (χ0) is 22.3. The van der Waals surface area contributed by atoms with Crippen LogP contribution in [-0.2, 0) is 24.3 Å². The molecule has 30 heavy (non-hydrogen) atoms. The minimum atomic E-state index is -3.71. The van der Waals surface area contributed by atoms with Crippen LogP contribution in [0.5, 0.6) is 0 Å². The molecule has 1 aliphatic rings. The first-order valence-electron chi connectivity index (χ1n) is 10.3. The molecule has 0 aromatic heterocycles. The van der Waals surface area contributed by atoms with E-state index >= 15 is 0 Å². The van der Waals surface area contributed by atoms with Gasteiger partial charge in [-0.2, -0.15) is 4.31 Å². The number of hydrogen-bond donors (Lipinski definition) is 0. The van der Waals surface area contributed by atoms with Crippen LogP contribution in [0, 0.1) is 6.92 Å². The van der Waals surface area contributed by atoms with Gasteiger partial charge in [-0.15, -0.1) is 0 Å². The standard InChI is InChI=1S/C21H32N2O6S/c1-5-29-20(24)15-22(12-13-28-4)21(25)19-14-18(10-9-16(19)2)30(26,27)23-11-7-6-8-17(23)3/h9-10,14,17H,5-8,11-13,15H2,1-4H3. The Hall–Kier alpha value is -1.97. The van der Waals surface area contributed by atoms with E-state index < -0.39 is 21.9 Å². The van der Waals surface area contributed by atoms with Crippen LogP contribution in [0.3, 0.4) is 0 Å². The summed E-state index contributed by atoms with van der Waals surface area (Å²) in [6.07, 6.45) is 2.65. The van der Waals surface area contributed by atoms with Crippen molar-refractivity contribution in [1.82, 2.24) is 9.21 Å². The molecule has 1 aromatic rings. The summed E-state index contributed by atoms with van der Waals surface area (Å²) in [5.41, 5.74) is 0.887. The van der Waals surface area contributed by atoms with E-state index in [2.05, 4.69) is 0 Å². The Balaban J connectivity index is 2.35. The van der Waals surface area contributed by atoms with Crippen LogP contribution in [0.25, 0.3) is 0 Å². The van der Waals surface area contributed by atoms with Crippen molar-refractivity contribution in [1.29, 1.82) is 0 Å².